The maximum atomic E-state index is 12.5. The lowest BCUT2D eigenvalue weighted by atomic mass is 10.1. The van der Waals surface area contributed by atoms with Crippen molar-refractivity contribution in [2.24, 2.45) is 0 Å². The van der Waals surface area contributed by atoms with E-state index in [2.05, 4.69) is 15.3 Å². The molecule has 28 heavy (non-hydrogen) atoms. The summed E-state index contributed by atoms with van der Waals surface area (Å²) in [6.07, 6.45) is 0. The molecule has 1 aliphatic rings. The second-order valence-electron chi connectivity index (χ2n) is 5.90. The van der Waals surface area contributed by atoms with Gasteiger partial charge in [0.25, 0.3) is 5.91 Å². The van der Waals surface area contributed by atoms with Crippen LogP contribution < -0.4 is 14.8 Å². The van der Waals surface area contributed by atoms with E-state index in [9.17, 15) is 4.79 Å². The number of amides is 1. The van der Waals surface area contributed by atoms with E-state index in [1.807, 2.05) is 40.4 Å². The maximum absolute atomic E-state index is 12.5. The Labute approximate surface area is 172 Å². The van der Waals surface area contributed by atoms with Crippen LogP contribution in [-0.4, -0.2) is 29.1 Å². The number of anilines is 1. The average molecular weight is 428 g/mol. The van der Waals surface area contributed by atoms with Gasteiger partial charge >= 0.3 is 0 Å². The first-order valence-corrected chi connectivity index (χ1v) is 11.1. The zero-order valence-corrected chi connectivity index (χ0v) is 16.8. The monoisotopic (exact) mass is 427 g/mol. The first-order valence-electron chi connectivity index (χ1n) is 8.41. The molecule has 1 aromatic carbocycles. The van der Waals surface area contributed by atoms with Gasteiger partial charge in [-0.25, -0.2) is 9.97 Å². The Morgan fingerprint density at radius 1 is 0.964 bits per heavy atom. The van der Waals surface area contributed by atoms with Gasteiger partial charge in [-0.15, -0.1) is 22.7 Å². The highest BCUT2D eigenvalue weighted by molar-refractivity contribution is 7.14. The number of nitrogens with one attached hydrogen (secondary N) is 1. The molecule has 9 heteroatoms. The van der Waals surface area contributed by atoms with Crippen molar-refractivity contribution in [1.82, 2.24) is 9.97 Å². The van der Waals surface area contributed by atoms with Crippen LogP contribution in [0.15, 0.2) is 45.8 Å². The largest absolute Gasteiger partial charge is 0.486 e. The molecule has 6 nitrogen and oxygen atoms in total. The lowest BCUT2D eigenvalue weighted by Gasteiger charge is -2.18. The van der Waals surface area contributed by atoms with Crippen LogP contribution in [-0.2, 0) is 0 Å². The summed E-state index contributed by atoms with van der Waals surface area (Å²) >= 11 is 4.43. The topological polar surface area (TPSA) is 73.3 Å². The third kappa shape index (κ3) is 3.39. The molecule has 1 aliphatic heterocycles. The number of thiazole rings is 2. The highest BCUT2D eigenvalue weighted by atomic mass is 32.1. The molecule has 0 saturated heterocycles. The zero-order chi connectivity index (χ0) is 18.9. The normalized spacial score (nSPS) is 12.7. The van der Waals surface area contributed by atoms with Crippen molar-refractivity contribution in [1.29, 1.82) is 0 Å². The number of hydrogen-bond acceptors (Lipinski definition) is 8. The molecule has 5 rings (SSSR count). The van der Waals surface area contributed by atoms with Crippen LogP contribution in [0.4, 0.5) is 5.13 Å². The first-order chi connectivity index (χ1) is 13.8. The van der Waals surface area contributed by atoms with Crippen LogP contribution in [0.3, 0.4) is 0 Å². The minimum atomic E-state index is -0.263. The van der Waals surface area contributed by atoms with Crippen molar-refractivity contribution >= 4 is 45.0 Å². The number of hydrogen-bond donors (Lipinski definition) is 1. The SMILES string of the molecule is O=C(Nc1nc(-c2ccc3c(c2)OCCO3)cs1)c1csc(-c2ccsc2)n1. The van der Waals surface area contributed by atoms with Crippen molar-refractivity contribution in [2.75, 3.05) is 18.5 Å². The number of thiophene rings is 1. The quantitative estimate of drug-likeness (QED) is 0.495. The zero-order valence-electron chi connectivity index (χ0n) is 14.4. The molecule has 0 fully saturated rings. The molecular formula is C19H13N3O3S3. The number of nitrogens with zero attached hydrogens (tertiary/aromatic N) is 2. The number of carbonyl (C=O) groups is 1. The van der Waals surface area contributed by atoms with E-state index in [4.69, 9.17) is 9.47 Å². The lowest BCUT2D eigenvalue weighted by molar-refractivity contribution is 0.102. The summed E-state index contributed by atoms with van der Waals surface area (Å²) in [7, 11) is 0. The molecule has 0 bridgehead atoms. The van der Waals surface area contributed by atoms with Crippen molar-refractivity contribution in [2.45, 2.75) is 0 Å². The molecular weight excluding hydrogens is 414 g/mol. The molecule has 0 atom stereocenters. The molecule has 1 N–H and O–H groups in total. The van der Waals surface area contributed by atoms with E-state index >= 15 is 0 Å². The molecule has 0 spiro atoms. The molecule has 1 amide bonds. The number of aromatic nitrogens is 2. The number of benzene rings is 1. The van der Waals surface area contributed by atoms with Gasteiger partial charge in [0.05, 0.1) is 5.69 Å². The second kappa shape index (κ2) is 7.34. The van der Waals surface area contributed by atoms with E-state index in [1.54, 1.807) is 16.7 Å². The summed E-state index contributed by atoms with van der Waals surface area (Å²) in [6.45, 7) is 1.10. The molecule has 0 aliphatic carbocycles. The van der Waals surface area contributed by atoms with Crippen molar-refractivity contribution < 1.29 is 14.3 Å². The van der Waals surface area contributed by atoms with Gasteiger partial charge in [-0.1, -0.05) is 0 Å². The van der Waals surface area contributed by atoms with E-state index < -0.39 is 0 Å². The van der Waals surface area contributed by atoms with E-state index in [0.29, 0.717) is 29.8 Å². The van der Waals surface area contributed by atoms with E-state index in [1.165, 1.54) is 22.7 Å². The van der Waals surface area contributed by atoms with E-state index in [0.717, 1.165) is 27.6 Å². The Balaban J connectivity index is 1.32. The van der Waals surface area contributed by atoms with Crippen molar-refractivity contribution in [3.63, 3.8) is 0 Å². The van der Waals surface area contributed by atoms with Gasteiger partial charge < -0.3 is 9.47 Å². The Hall–Kier alpha value is -2.75. The predicted octanol–water partition coefficient (Wildman–Crippen LogP) is 5.02. The summed E-state index contributed by atoms with van der Waals surface area (Å²) in [5.74, 6) is 1.19. The number of fused-ring (bicyclic) bond motifs is 1. The number of ether oxygens (including phenoxy) is 2. The highest BCUT2D eigenvalue weighted by Crippen LogP contribution is 2.35. The Bertz CT molecular complexity index is 1130. The summed E-state index contributed by atoms with van der Waals surface area (Å²) in [5, 5.41) is 11.9. The van der Waals surface area contributed by atoms with Gasteiger partial charge in [-0.2, -0.15) is 11.3 Å². The van der Waals surface area contributed by atoms with Gasteiger partial charge in [0.15, 0.2) is 16.6 Å². The molecule has 3 aromatic heterocycles. The fraction of sp³-hybridized carbons (Fsp3) is 0.105. The van der Waals surface area contributed by atoms with Crippen LogP contribution in [0.25, 0.3) is 21.8 Å². The van der Waals surface area contributed by atoms with E-state index in [-0.39, 0.29) is 5.91 Å². The Morgan fingerprint density at radius 2 is 1.86 bits per heavy atom. The number of carbonyl (C=O) groups excluding carboxylic acids is 1. The van der Waals surface area contributed by atoms with Gasteiger partial charge in [-0.05, 0) is 29.6 Å². The average Bonchev–Trinajstić information content (AvgIpc) is 3.48. The maximum Gasteiger partial charge on any atom is 0.276 e. The highest BCUT2D eigenvalue weighted by Gasteiger charge is 2.16. The minimum absolute atomic E-state index is 0.263. The smallest absolute Gasteiger partial charge is 0.276 e. The van der Waals surface area contributed by atoms with Gasteiger partial charge in [0.1, 0.15) is 23.9 Å². The molecule has 140 valence electrons. The Morgan fingerprint density at radius 3 is 2.71 bits per heavy atom. The standard InChI is InChI=1S/C19H13N3O3S3/c23-17(14-10-27-18(20-14)12-3-6-26-8-12)22-19-21-13(9-28-19)11-1-2-15-16(7-11)25-5-4-24-15/h1-3,6-10H,4-5H2,(H,21,22,23). The summed E-state index contributed by atoms with van der Waals surface area (Å²) < 4.78 is 11.2. The molecule has 4 aromatic rings. The summed E-state index contributed by atoms with van der Waals surface area (Å²) in [6, 6.07) is 7.71. The van der Waals surface area contributed by atoms with Crippen LogP contribution in [0, 0.1) is 0 Å². The fourth-order valence-electron chi connectivity index (χ4n) is 2.72. The van der Waals surface area contributed by atoms with Crippen LogP contribution in [0.2, 0.25) is 0 Å². The van der Waals surface area contributed by atoms with Crippen LogP contribution in [0.5, 0.6) is 11.5 Å². The molecule has 0 radical (unpaired) electrons. The third-order valence-corrected chi connectivity index (χ3v) is 6.40. The molecule has 4 heterocycles. The van der Waals surface area contributed by atoms with Gasteiger partial charge in [0.2, 0.25) is 0 Å². The second-order valence-corrected chi connectivity index (χ2v) is 8.40. The predicted molar refractivity (Wildman–Crippen MR) is 112 cm³/mol. The van der Waals surface area contributed by atoms with Gasteiger partial charge in [0, 0.05) is 27.3 Å². The summed E-state index contributed by atoms with van der Waals surface area (Å²) in [5.41, 5.74) is 3.11. The molecule has 0 saturated carbocycles. The first kappa shape index (κ1) is 17.4. The minimum Gasteiger partial charge on any atom is -0.486 e. The third-order valence-electron chi connectivity index (χ3n) is 4.07. The lowest BCUT2D eigenvalue weighted by Crippen LogP contribution is -2.15. The molecule has 0 unspecified atom stereocenters. The van der Waals surface area contributed by atoms with Gasteiger partial charge in [-0.3, -0.25) is 10.1 Å². The fourth-order valence-corrected chi connectivity index (χ4v) is 4.95. The Kier molecular flexibility index (Phi) is 4.55. The summed E-state index contributed by atoms with van der Waals surface area (Å²) in [4.78, 5) is 21.4. The number of rotatable bonds is 4. The van der Waals surface area contributed by atoms with Crippen molar-refractivity contribution in [3.05, 3.63) is 51.5 Å². The van der Waals surface area contributed by atoms with Crippen LogP contribution >= 0.6 is 34.0 Å². The van der Waals surface area contributed by atoms with Crippen LogP contribution in [0.1, 0.15) is 10.5 Å². The van der Waals surface area contributed by atoms with Crippen molar-refractivity contribution in [3.8, 4) is 33.3 Å².